The first-order valence-electron chi connectivity index (χ1n) is 7.64. The van der Waals surface area contributed by atoms with Crippen LogP contribution in [-0.4, -0.2) is 20.2 Å². The largest absolute Gasteiger partial charge is 0.493 e. The number of hydrogen-bond donors (Lipinski definition) is 2. The summed E-state index contributed by atoms with van der Waals surface area (Å²) in [6.07, 6.45) is 2.52. The van der Waals surface area contributed by atoms with Crippen molar-refractivity contribution in [2.24, 2.45) is 10.7 Å². The summed E-state index contributed by atoms with van der Waals surface area (Å²) in [5.41, 5.74) is 8.84. The molecule has 126 valence electrons. The van der Waals surface area contributed by atoms with Gasteiger partial charge >= 0.3 is 0 Å². The van der Waals surface area contributed by atoms with Gasteiger partial charge in [0.15, 0.2) is 17.5 Å². The van der Waals surface area contributed by atoms with E-state index in [0.717, 1.165) is 22.6 Å². The Labute approximate surface area is 142 Å². The lowest BCUT2D eigenvalue weighted by atomic mass is 10.1. The molecule has 5 nitrogen and oxygen atoms in total. The zero-order valence-corrected chi connectivity index (χ0v) is 14.1. The second kappa shape index (κ2) is 8.62. The van der Waals surface area contributed by atoms with E-state index in [1.165, 1.54) is 0 Å². The van der Waals surface area contributed by atoms with Crippen molar-refractivity contribution in [3.05, 3.63) is 66.2 Å². The number of ether oxygens (including phenoxy) is 2. The van der Waals surface area contributed by atoms with E-state index in [9.17, 15) is 0 Å². The van der Waals surface area contributed by atoms with Crippen LogP contribution < -0.4 is 20.5 Å². The van der Waals surface area contributed by atoms with Crippen LogP contribution in [0.3, 0.4) is 0 Å². The minimum atomic E-state index is 0.362. The SMILES string of the molecule is C=CCc1cc(CN=C(N)Nc2ccccc2)cc(OC)c1OC. The quantitative estimate of drug-likeness (QED) is 0.465. The topological polar surface area (TPSA) is 68.9 Å². The first-order valence-corrected chi connectivity index (χ1v) is 7.64. The Balaban J connectivity index is 2.17. The van der Waals surface area contributed by atoms with Crippen molar-refractivity contribution in [2.45, 2.75) is 13.0 Å². The van der Waals surface area contributed by atoms with Crippen LogP contribution in [0.5, 0.6) is 11.5 Å². The number of guanidine groups is 1. The molecule has 0 radical (unpaired) electrons. The number of anilines is 1. The molecular formula is C19H23N3O2. The van der Waals surface area contributed by atoms with E-state index in [1.54, 1.807) is 14.2 Å². The zero-order chi connectivity index (χ0) is 17.4. The lowest BCUT2D eigenvalue weighted by Gasteiger charge is -2.14. The van der Waals surface area contributed by atoms with Crippen LogP contribution in [-0.2, 0) is 13.0 Å². The predicted molar refractivity (Wildman–Crippen MR) is 98.8 cm³/mol. The molecule has 0 heterocycles. The summed E-state index contributed by atoms with van der Waals surface area (Å²) in [4.78, 5) is 4.38. The molecule has 0 aliphatic rings. The molecule has 0 aromatic heterocycles. The summed E-state index contributed by atoms with van der Waals surface area (Å²) in [6, 6.07) is 13.6. The number of aliphatic imine (C=N–C) groups is 1. The van der Waals surface area contributed by atoms with Gasteiger partial charge < -0.3 is 20.5 Å². The van der Waals surface area contributed by atoms with E-state index in [2.05, 4.69) is 16.9 Å². The predicted octanol–water partition coefficient (Wildman–Crippen LogP) is 3.36. The zero-order valence-electron chi connectivity index (χ0n) is 14.1. The molecule has 0 aliphatic carbocycles. The van der Waals surface area contributed by atoms with Gasteiger partial charge in [0.05, 0.1) is 20.8 Å². The lowest BCUT2D eigenvalue weighted by Crippen LogP contribution is -2.22. The summed E-state index contributed by atoms with van der Waals surface area (Å²) >= 11 is 0. The average Bonchev–Trinajstić information content (AvgIpc) is 2.60. The molecule has 0 aliphatic heterocycles. The minimum absolute atomic E-state index is 0.362. The Bertz CT molecular complexity index is 712. The molecule has 0 saturated carbocycles. The third kappa shape index (κ3) is 4.52. The van der Waals surface area contributed by atoms with E-state index in [4.69, 9.17) is 15.2 Å². The third-order valence-corrected chi connectivity index (χ3v) is 3.46. The molecule has 24 heavy (non-hydrogen) atoms. The van der Waals surface area contributed by atoms with Gasteiger partial charge in [0.25, 0.3) is 0 Å². The summed E-state index contributed by atoms with van der Waals surface area (Å²) in [6.45, 7) is 4.22. The summed E-state index contributed by atoms with van der Waals surface area (Å²) in [5.74, 6) is 1.76. The number of nitrogens with one attached hydrogen (secondary N) is 1. The lowest BCUT2D eigenvalue weighted by molar-refractivity contribution is 0.352. The highest BCUT2D eigenvalue weighted by atomic mass is 16.5. The maximum Gasteiger partial charge on any atom is 0.193 e. The number of nitrogens with zero attached hydrogens (tertiary/aromatic N) is 1. The van der Waals surface area contributed by atoms with Gasteiger partial charge in [-0.2, -0.15) is 0 Å². The summed E-state index contributed by atoms with van der Waals surface area (Å²) in [7, 11) is 3.25. The molecule has 2 aromatic rings. The maximum atomic E-state index is 5.94. The molecule has 0 saturated heterocycles. The van der Waals surface area contributed by atoms with Gasteiger partial charge in [-0.25, -0.2) is 4.99 Å². The average molecular weight is 325 g/mol. The molecule has 0 atom stereocenters. The minimum Gasteiger partial charge on any atom is -0.493 e. The van der Waals surface area contributed by atoms with Crippen molar-refractivity contribution < 1.29 is 9.47 Å². The fourth-order valence-electron chi connectivity index (χ4n) is 2.39. The van der Waals surface area contributed by atoms with Crippen LogP contribution in [0, 0.1) is 0 Å². The Morgan fingerprint density at radius 3 is 2.58 bits per heavy atom. The van der Waals surface area contributed by atoms with Gasteiger partial charge in [-0.3, -0.25) is 0 Å². The standard InChI is InChI=1S/C19H23N3O2/c1-4-8-15-11-14(12-17(23-2)18(15)24-3)13-21-19(20)22-16-9-6-5-7-10-16/h4-7,9-12H,1,8,13H2,2-3H3,(H3,20,21,22). The van der Waals surface area contributed by atoms with Crippen molar-refractivity contribution >= 4 is 11.6 Å². The van der Waals surface area contributed by atoms with Gasteiger partial charge in [-0.15, -0.1) is 6.58 Å². The van der Waals surface area contributed by atoms with Crippen LogP contribution in [0.1, 0.15) is 11.1 Å². The number of rotatable bonds is 7. The summed E-state index contributed by atoms with van der Waals surface area (Å²) in [5, 5.41) is 3.06. The van der Waals surface area contributed by atoms with Gasteiger partial charge in [0, 0.05) is 11.3 Å². The Morgan fingerprint density at radius 2 is 1.96 bits per heavy atom. The molecule has 5 heteroatoms. The molecule has 0 unspecified atom stereocenters. The Kier molecular flexibility index (Phi) is 6.25. The summed E-state index contributed by atoms with van der Waals surface area (Å²) < 4.78 is 10.8. The van der Waals surface area contributed by atoms with Crippen LogP contribution in [0.2, 0.25) is 0 Å². The first-order chi connectivity index (χ1) is 11.7. The highest BCUT2D eigenvalue weighted by molar-refractivity contribution is 5.92. The van der Waals surface area contributed by atoms with Crippen LogP contribution in [0.4, 0.5) is 5.69 Å². The molecule has 3 N–H and O–H groups in total. The van der Waals surface area contributed by atoms with Gasteiger partial charge in [-0.05, 0) is 36.2 Å². The van der Waals surface area contributed by atoms with Crippen molar-refractivity contribution in [3.8, 4) is 11.5 Å². The Hall–Kier alpha value is -2.95. The molecular weight excluding hydrogens is 302 g/mol. The van der Waals surface area contributed by atoms with Crippen LogP contribution in [0.25, 0.3) is 0 Å². The number of para-hydroxylation sites is 1. The maximum absolute atomic E-state index is 5.94. The molecule has 0 fully saturated rings. The van der Waals surface area contributed by atoms with Crippen LogP contribution >= 0.6 is 0 Å². The fourth-order valence-corrected chi connectivity index (χ4v) is 2.39. The van der Waals surface area contributed by atoms with E-state index >= 15 is 0 Å². The van der Waals surface area contributed by atoms with E-state index in [-0.39, 0.29) is 0 Å². The van der Waals surface area contributed by atoms with Gasteiger partial charge in [-0.1, -0.05) is 24.3 Å². The molecule has 0 spiro atoms. The highest BCUT2D eigenvalue weighted by Gasteiger charge is 2.11. The number of hydrogen-bond acceptors (Lipinski definition) is 3. The van der Waals surface area contributed by atoms with Crippen molar-refractivity contribution in [3.63, 3.8) is 0 Å². The van der Waals surface area contributed by atoms with Gasteiger partial charge in [0.1, 0.15) is 0 Å². The van der Waals surface area contributed by atoms with Crippen molar-refractivity contribution in [1.82, 2.24) is 0 Å². The van der Waals surface area contributed by atoms with E-state index in [0.29, 0.717) is 24.7 Å². The van der Waals surface area contributed by atoms with Gasteiger partial charge in [0.2, 0.25) is 0 Å². The smallest absolute Gasteiger partial charge is 0.193 e. The molecule has 0 amide bonds. The monoisotopic (exact) mass is 325 g/mol. The first kappa shape index (κ1) is 17.4. The number of benzene rings is 2. The highest BCUT2D eigenvalue weighted by Crippen LogP contribution is 2.33. The molecule has 2 rings (SSSR count). The third-order valence-electron chi connectivity index (χ3n) is 3.46. The van der Waals surface area contributed by atoms with Crippen molar-refractivity contribution in [2.75, 3.05) is 19.5 Å². The Morgan fingerprint density at radius 1 is 1.21 bits per heavy atom. The van der Waals surface area contributed by atoms with E-state index < -0.39 is 0 Å². The van der Waals surface area contributed by atoms with E-state index in [1.807, 2.05) is 48.5 Å². The van der Waals surface area contributed by atoms with Crippen molar-refractivity contribution in [1.29, 1.82) is 0 Å². The second-order valence-electron chi connectivity index (χ2n) is 5.18. The fraction of sp³-hybridized carbons (Fsp3) is 0.211. The number of nitrogens with two attached hydrogens (primary N) is 1. The number of methoxy groups -OCH3 is 2. The second-order valence-corrected chi connectivity index (χ2v) is 5.18. The molecule has 0 bridgehead atoms. The molecule has 2 aromatic carbocycles. The number of allylic oxidation sites excluding steroid dienone is 1. The van der Waals surface area contributed by atoms with Crippen LogP contribution in [0.15, 0.2) is 60.1 Å². The normalized spacial score (nSPS) is 11.0.